The van der Waals surface area contributed by atoms with Crippen LogP contribution in [-0.4, -0.2) is 11.7 Å². The van der Waals surface area contributed by atoms with Crippen LogP contribution < -0.4 is 0 Å². The van der Waals surface area contributed by atoms with Crippen LogP contribution in [0.3, 0.4) is 0 Å². The maximum Gasteiger partial charge on any atom is 0.132 e. The Balaban J connectivity index is 0. The van der Waals surface area contributed by atoms with E-state index in [-0.39, 0.29) is 11.7 Å². The SMILES string of the molecule is C=C=O.CC(=O)C(C)C. The highest BCUT2D eigenvalue weighted by molar-refractivity contribution is 5.77. The Hall–Kier alpha value is -0.880. The summed E-state index contributed by atoms with van der Waals surface area (Å²) >= 11 is 0. The molecule has 0 aromatic rings. The minimum absolute atomic E-state index is 0.213. The lowest BCUT2D eigenvalue weighted by molar-refractivity contribution is -0.119. The van der Waals surface area contributed by atoms with Crippen molar-refractivity contribution in [3.63, 3.8) is 0 Å². The molecule has 2 nitrogen and oxygen atoms in total. The molecule has 0 unspecified atom stereocenters. The van der Waals surface area contributed by atoms with E-state index in [0.717, 1.165) is 0 Å². The highest BCUT2D eigenvalue weighted by atomic mass is 16.1. The minimum Gasteiger partial charge on any atom is -0.300 e. The zero-order valence-electron chi connectivity index (χ0n) is 6.10. The van der Waals surface area contributed by atoms with E-state index in [4.69, 9.17) is 4.79 Å². The summed E-state index contributed by atoms with van der Waals surface area (Å²) in [7, 11) is 0. The predicted molar refractivity (Wildman–Crippen MR) is 36.8 cm³/mol. The predicted octanol–water partition coefficient (Wildman–Crippen LogP) is 1.24. The molecule has 52 valence electrons. The van der Waals surface area contributed by atoms with Crippen LogP contribution >= 0.6 is 0 Å². The van der Waals surface area contributed by atoms with Crippen molar-refractivity contribution >= 4 is 11.7 Å². The zero-order chi connectivity index (χ0) is 7.86. The van der Waals surface area contributed by atoms with Crippen molar-refractivity contribution in [2.45, 2.75) is 20.8 Å². The molecule has 2 heteroatoms. The lowest BCUT2D eigenvalue weighted by Crippen LogP contribution is -1.98. The van der Waals surface area contributed by atoms with Gasteiger partial charge in [-0.15, -0.1) is 0 Å². The van der Waals surface area contributed by atoms with Gasteiger partial charge in [0.15, 0.2) is 0 Å². The van der Waals surface area contributed by atoms with Crippen LogP contribution in [0.2, 0.25) is 0 Å². The quantitative estimate of drug-likeness (QED) is 0.498. The molecule has 0 heterocycles. The van der Waals surface area contributed by atoms with E-state index in [9.17, 15) is 4.79 Å². The van der Waals surface area contributed by atoms with Crippen LogP contribution in [0, 0.1) is 5.92 Å². The average Bonchev–Trinajstić information content (AvgIpc) is 1.68. The fraction of sp³-hybridized carbons (Fsp3) is 0.571. The van der Waals surface area contributed by atoms with Crippen molar-refractivity contribution in [2.75, 3.05) is 0 Å². The van der Waals surface area contributed by atoms with Crippen LogP contribution in [0.5, 0.6) is 0 Å². The maximum atomic E-state index is 10.1. The van der Waals surface area contributed by atoms with Gasteiger partial charge in [0.2, 0.25) is 0 Å². The van der Waals surface area contributed by atoms with Gasteiger partial charge in [0.05, 0.1) is 0 Å². The van der Waals surface area contributed by atoms with E-state index >= 15 is 0 Å². The second-order valence-electron chi connectivity index (χ2n) is 1.91. The number of carbonyl (C=O) groups is 1. The third-order valence-electron chi connectivity index (χ3n) is 0.813. The number of hydrogen-bond donors (Lipinski definition) is 0. The number of hydrogen-bond acceptors (Lipinski definition) is 2. The summed E-state index contributed by atoms with van der Waals surface area (Å²) in [6, 6.07) is 0. The molecule has 0 aromatic carbocycles. The van der Waals surface area contributed by atoms with Crippen molar-refractivity contribution in [1.29, 1.82) is 0 Å². The monoisotopic (exact) mass is 128 g/mol. The van der Waals surface area contributed by atoms with E-state index in [1.807, 2.05) is 13.8 Å². The summed E-state index contributed by atoms with van der Waals surface area (Å²) in [4.78, 5) is 18.7. The number of rotatable bonds is 1. The smallest absolute Gasteiger partial charge is 0.132 e. The zero-order valence-corrected chi connectivity index (χ0v) is 6.10. The Kier molecular flexibility index (Phi) is 8.69. The van der Waals surface area contributed by atoms with Gasteiger partial charge in [-0.2, -0.15) is 0 Å². The maximum absolute atomic E-state index is 10.1. The molecule has 0 fully saturated rings. The van der Waals surface area contributed by atoms with Crippen molar-refractivity contribution in [3.05, 3.63) is 6.58 Å². The summed E-state index contributed by atoms with van der Waals surface area (Å²) in [6.07, 6.45) is 0. The molecule has 0 amide bonds. The van der Waals surface area contributed by atoms with Gasteiger partial charge in [0.1, 0.15) is 11.7 Å². The molecule has 0 atom stereocenters. The minimum atomic E-state index is 0.213. The molecule has 0 spiro atoms. The molecule has 0 bridgehead atoms. The van der Waals surface area contributed by atoms with Gasteiger partial charge in [-0.25, -0.2) is 4.79 Å². The topological polar surface area (TPSA) is 34.1 Å². The first kappa shape index (κ1) is 11.0. The molecule has 0 N–H and O–H groups in total. The van der Waals surface area contributed by atoms with Gasteiger partial charge in [-0.3, -0.25) is 4.79 Å². The van der Waals surface area contributed by atoms with Crippen molar-refractivity contribution < 1.29 is 9.59 Å². The number of Topliss-reactive ketones (excluding diaryl/α,β-unsaturated/α-hetero) is 1. The van der Waals surface area contributed by atoms with Gasteiger partial charge in [-0.05, 0) is 13.5 Å². The summed E-state index contributed by atoms with van der Waals surface area (Å²) in [6.45, 7) is 8.06. The molecular weight excluding hydrogens is 116 g/mol. The van der Waals surface area contributed by atoms with Gasteiger partial charge >= 0.3 is 0 Å². The van der Waals surface area contributed by atoms with Crippen LogP contribution in [0.25, 0.3) is 0 Å². The standard InChI is InChI=1S/C5H10O.C2H2O/c1-4(2)5(3)6;1-2-3/h4H,1-3H3;1H2. The molecule has 0 rings (SSSR count). The Morgan fingerprint density at radius 2 is 1.67 bits per heavy atom. The van der Waals surface area contributed by atoms with Crippen LogP contribution in [-0.2, 0) is 9.59 Å². The van der Waals surface area contributed by atoms with Crippen molar-refractivity contribution in [3.8, 4) is 0 Å². The lowest BCUT2D eigenvalue weighted by Gasteiger charge is -1.90. The van der Waals surface area contributed by atoms with Crippen LogP contribution in [0.15, 0.2) is 6.58 Å². The van der Waals surface area contributed by atoms with Gasteiger partial charge in [0, 0.05) is 5.92 Å². The van der Waals surface area contributed by atoms with E-state index in [2.05, 4.69) is 6.58 Å². The third-order valence-corrected chi connectivity index (χ3v) is 0.813. The highest BCUT2D eigenvalue weighted by Gasteiger charge is 1.94. The number of carbonyl (C=O) groups excluding carboxylic acids is 2. The van der Waals surface area contributed by atoms with E-state index in [0.29, 0.717) is 0 Å². The Labute approximate surface area is 55.6 Å². The van der Waals surface area contributed by atoms with Gasteiger partial charge in [-0.1, -0.05) is 13.8 Å². The molecular formula is C7H12O2. The number of ketones is 1. The van der Waals surface area contributed by atoms with Crippen molar-refractivity contribution in [2.24, 2.45) is 5.92 Å². The third kappa shape index (κ3) is 19.2. The Bertz CT molecular complexity index is 108. The molecule has 0 aliphatic heterocycles. The molecule has 9 heavy (non-hydrogen) atoms. The Morgan fingerprint density at radius 3 is 1.67 bits per heavy atom. The summed E-state index contributed by atoms with van der Waals surface area (Å²) in [5.41, 5.74) is 0. The largest absolute Gasteiger partial charge is 0.300 e. The van der Waals surface area contributed by atoms with Crippen LogP contribution in [0.1, 0.15) is 20.8 Å². The molecule has 0 aliphatic carbocycles. The van der Waals surface area contributed by atoms with E-state index < -0.39 is 0 Å². The van der Waals surface area contributed by atoms with Crippen LogP contribution in [0.4, 0.5) is 0 Å². The first-order valence-electron chi connectivity index (χ1n) is 2.71. The highest BCUT2D eigenvalue weighted by Crippen LogP contribution is 1.89. The van der Waals surface area contributed by atoms with E-state index in [1.54, 1.807) is 6.92 Å². The normalized spacial score (nSPS) is 7.11. The lowest BCUT2D eigenvalue weighted by atomic mass is 10.1. The first-order valence-corrected chi connectivity index (χ1v) is 2.71. The van der Waals surface area contributed by atoms with E-state index in [1.165, 1.54) is 5.94 Å². The second-order valence-corrected chi connectivity index (χ2v) is 1.91. The molecule has 0 aromatic heterocycles. The van der Waals surface area contributed by atoms with Crippen molar-refractivity contribution in [1.82, 2.24) is 0 Å². The first-order chi connectivity index (χ1) is 4.06. The molecule has 0 saturated heterocycles. The molecule has 0 radical (unpaired) electrons. The summed E-state index contributed by atoms with van der Waals surface area (Å²) in [5.74, 6) is 1.72. The fourth-order valence-electron chi connectivity index (χ4n) is 0. The molecule has 0 aliphatic rings. The fourth-order valence-corrected chi connectivity index (χ4v) is 0. The van der Waals surface area contributed by atoms with Gasteiger partial charge in [0.25, 0.3) is 0 Å². The summed E-state index contributed by atoms with van der Waals surface area (Å²) < 4.78 is 0. The summed E-state index contributed by atoms with van der Waals surface area (Å²) in [5, 5.41) is 0. The average molecular weight is 128 g/mol. The van der Waals surface area contributed by atoms with Gasteiger partial charge < -0.3 is 0 Å². The molecule has 0 saturated carbocycles. The second kappa shape index (κ2) is 7.12. The Morgan fingerprint density at radius 1 is 1.56 bits per heavy atom.